The van der Waals surface area contributed by atoms with E-state index in [1.807, 2.05) is 12.1 Å². The molecule has 1 unspecified atom stereocenters. The van der Waals surface area contributed by atoms with Crippen molar-refractivity contribution in [1.29, 1.82) is 0 Å². The van der Waals surface area contributed by atoms with Crippen LogP contribution >= 0.6 is 0 Å². The second-order valence-corrected chi connectivity index (χ2v) is 7.93. The molecule has 0 radical (unpaired) electrons. The molecule has 1 aliphatic rings. The van der Waals surface area contributed by atoms with E-state index < -0.39 is 11.0 Å². The van der Waals surface area contributed by atoms with Crippen molar-refractivity contribution in [3.63, 3.8) is 0 Å². The lowest BCUT2D eigenvalue weighted by molar-refractivity contribution is 0.684. The van der Waals surface area contributed by atoms with Gasteiger partial charge in [-0.2, -0.15) is 0 Å². The third-order valence-corrected chi connectivity index (χ3v) is 5.70. The van der Waals surface area contributed by atoms with Gasteiger partial charge in [-0.25, -0.2) is 14.3 Å². The second kappa shape index (κ2) is 7.62. The monoisotopic (exact) mass is 387 g/mol. The first kappa shape index (κ1) is 18.5. The van der Waals surface area contributed by atoms with E-state index in [1.165, 1.54) is 22.3 Å². The normalized spacial score (nSPS) is 14.5. The van der Waals surface area contributed by atoms with Crippen LogP contribution < -0.4 is 5.14 Å². The first-order valence-electron chi connectivity index (χ1n) is 9.08. The molecule has 1 atom stereocenters. The molecule has 28 heavy (non-hydrogen) atoms. The fourth-order valence-corrected chi connectivity index (χ4v) is 3.82. The zero-order chi connectivity index (χ0) is 19.7. The molecule has 0 bridgehead atoms. The van der Waals surface area contributed by atoms with E-state index in [0.29, 0.717) is 17.3 Å². The maximum atomic E-state index is 11.3. The largest absolute Gasteiger partial charge is 0.260 e. The number of aliphatic imine (C=N–C) groups is 2. The number of nitrogens with zero attached hydrogens (tertiary/aromatic N) is 2. The Balaban J connectivity index is 1.60. The van der Waals surface area contributed by atoms with E-state index in [1.54, 1.807) is 12.1 Å². The van der Waals surface area contributed by atoms with E-state index in [2.05, 4.69) is 61.3 Å². The van der Waals surface area contributed by atoms with Gasteiger partial charge in [0.25, 0.3) is 0 Å². The molecule has 4 rings (SSSR count). The Morgan fingerprint density at radius 2 is 1.54 bits per heavy atom. The van der Waals surface area contributed by atoms with Gasteiger partial charge in [0.15, 0.2) is 5.84 Å². The molecule has 1 aliphatic heterocycles. The Labute approximate surface area is 167 Å². The number of rotatable bonds is 4. The molecule has 2 N–H and O–H groups in total. The minimum Gasteiger partial charge on any atom is -0.260 e. The summed E-state index contributed by atoms with van der Waals surface area (Å²) in [5.41, 5.74) is 7.94. The highest BCUT2D eigenvalue weighted by Crippen LogP contribution is 2.28. The van der Waals surface area contributed by atoms with E-state index in [-0.39, 0.29) is 0 Å². The zero-order valence-corrected chi connectivity index (χ0v) is 16.7. The molecule has 3 aromatic rings. The van der Waals surface area contributed by atoms with Crippen LogP contribution in [0.15, 0.2) is 81.6 Å². The van der Waals surface area contributed by atoms with Gasteiger partial charge in [-0.05, 0) is 72.0 Å². The molecule has 0 aromatic heterocycles. The summed E-state index contributed by atoms with van der Waals surface area (Å²) in [5.74, 6) is 0.699. The summed E-state index contributed by atoms with van der Waals surface area (Å²) in [6.45, 7) is 4.83. The van der Waals surface area contributed by atoms with E-state index in [0.717, 1.165) is 16.8 Å². The van der Waals surface area contributed by atoms with Crippen LogP contribution in [0.5, 0.6) is 0 Å². The first-order valence-corrected chi connectivity index (χ1v) is 10.3. The lowest BCUT2D eigenvalue weighted by Crippen LogP contribution is -2.04. The van der Waals surface area contributed by atoms with Crippen molar-refractivity contribution in [2.75, 3.05) is 6.54 Å². The van der Waals surface area contributed by atoms with Crippen LogP contribution in [-0.4, -0.2) is 22.3 Å². The van der Waals surface area contributed by atoms with Gasteiger partial charge in [0.2, 0.25) is 0 Å². The van der Waals surface area contributed by atoms with Gasteiger partial charge in [0.05, 0.1) is 17.2 Å². The maximum Gasteiger partial charge on any atom is 0.155 e. The number of amidine groups is 1. The highest BCUT2D eigenvalue weighted by atomic mass is 32.2. The van der Waals surface area contributed by atoms with Gasteiger partial charge in [-0.15, -0.1) is 0 Å². The quantitative estimate of drug-likeness (QED) is 0.716. The van der Waals surface area contributed by atoms with E-state index in [4.69, 9.17) is 10.1 Å². The molecule has 0 saturated carbocycles. The van der Waals surface area contributed by atoms with Crippen molar-refractivity contribution in [2.24, 2.45) is 15.1 Å². The standard InChI is InChI=1S/C23H21N3OS/c1-15-5-3-4-6-20(15)21-12-9-18(13-16(21)2)22-14-25-23(26-22)17-7-10-19(11-8-17)28(24)27/h3-13H,14,24H2,1-2H3. The highest BCUT2D eigenvalue weighted by Gasteiger charge is 2.15. The summed E-state index contributed by atoms with van der Waals surface area (Å²) in [4.78, 5) is 9.88. The second-order valence-electron chi connectivity index (χ2n) is 6.86. The van der Waals surface area contributed by atoms with Crippen LogP contribution in [0.4, 0.5) is 0 Å². The fourth-order valence-electron chi connectivity index (χ4n) is 3.42. The van der Waals surface area contributed by atoms with E-state index >= 15 is 0 Å². The smallest absolute Gasteiger partial charge is 0.155 e. The SMILES string of the molecule is Cc1ccccc1-c1ccc(C2=NC(c3ccc(S(N)=O)cc3)=NC2)cc1C. The van der Waals surface area contributed by atoms with Crippen molar-refractivity contribution in [1.82, 2.24) is 0 Å². The number of hydrogen-bond acceptors (Lipinski definition) is 3. The Kier molecular flexibility index (Phi) is 5.03. The summed E-state index contributed by atoms with van der Waals surface area (Å²) in [6.07, 6.45) is 0. The van der Waals surface area contributed by atoms with Gasteiger partial charge < -0.3 is 0 Å². The highest BCUT2D eigenvalue weighted by molar-refractivity contribution is 7.82. The molecular formula is C23H21N3OS. The van der Waals surface area contributed by atoms with Gasteiger partial charge in [-0.1, -0.05) is 36.4 Å². The molecule has 3 aromatic carbocycles. The van der Waals surface area contributed by atoms with Crippen LogP contribution in [0.3, 0.4) is 0 Å². The summed E-state index contributed by atoms with van der Waals surface area (Å²) < 4.78 is 11.3. The van der Waals surface area contributed by atoms with Crippen molar-refractivity contribution in [3.8, 4) is 11.1 Å². The molecule has 4 nitrogen and oxygen atoms in total. The zero-order valence-electron chi connectivity index (χ0n) is 15.8. The van der Waals surface area contributed by atoms with Crippen molar-refractivity contribution in [3.05, 3.63) is 89.0 Å². The molecular weight excluding hydrogens is 366 g/mol. The number of nitrogens with two attached hydrogens (primary N) is 1. The van der Waals surface area contributed by atoms with Crippen molar-refractivity contribution < 1.29 is 4.21 Å². The predicted octanol–water partition coefficient (Wildman–Crippen LogP) is 4.20. The van der Waals surface area contributed by atoms with Crippen LogP contribution in [0.1, 0.15) is 22.3 Å². The van der Waals surface area contributed by atoms with Crippen LogP contribution in [-0.2, 0) is 11.0 Å². The molecule has 0 aliphatic carbocycles. The molecule has 0 saturated heterocycles. The Bertz CT molecular complexity index is 1130. The molecule has 0 fully saturated rings. The molecule has 0 amide bonds. The number of benzene rings is 3. The Hall–Kier alpha value is -2.89. The number of hydrogen-bond donors (Lipinski definition) is 1. The average molecular weight is 388 g/mol. The molecule has 0 spiro atoms. The van der Waals surface area contributed by atoms with Gasteiger partial charge >= 0.3 is 0 Å². The Morgan fingerprint density at radius 3 is 2.21 bits per heavy atom. The van der Waals surface area contributed by atoms with Crippen LogP contribution in [0, 0.1) is 13.8 Å². The topological polar surface area (TPSA) is 67.8 Å². The molecule has 1 heterocycles. The van der Waals surface area contributed by atoms with Gasteiger partial charge in [0.1, 0.15) is 11.0 Å². The summed E-state index contributed by atoms with van der Waals surface area (Å²) in [7, 11) is -1.47. The lowest BCUT2D eigenvalue weighted by Gasteiger charge is -2.11. The third kappa shape index (κ3) is 3.59. The van der Waals surface area contributed by atoms with Crippen molar-refractivity contribution in [2.45, 2.75) is 18.7 Å². The Morgan fingerprint density at radius 1 is 0.857 bits per heavy atom. The predicted molar refractivity (Wildman–Crippen MR) is 116 cm³/mol. The number of aryl methyl sites for hydroxylation is 2. The fraction of sp³-hybridized carbons (Fsp3) is 0.130. The van der Waals surface area contributed by atoms with Crippen LogP contribution in [0.2, 0.25) is 0 Å². The first-order chi connectivity index (χ1) is 13.5. The summed E-state index contributed by atoms with van der Waals surface area (Å²) in [6, 6.07) is 22.1. The minimum atomic E-state index is -1.47. The molecule has 140 valence electrons. The van der Waals surface area contributed by atoms with Gasteiger partial charge in [0, 0.05) is 5.56 Å². The lowest BCUT2D eigenvalue weighted by atomic mass is 9.94. The molecule has 5 heteroatoms. The third-order valence-electron chi connectivity index (χ3n) is 4.96. The maximum absolute atomic E-state index is 11.3. The average Bonchev–Trinajstić information content (AvgIpc) is 3.19. The summed E-state index contributed by atoms with van der Waals surface area (Å²) >= 11 is 0. The van der Waals surface area contributed by atoms with Gasteiger partial charge in [-0.3, -0.25) is 4.99 Å². The summed E-state index contributed by atoms with van der Waals surface area (Å²) in [5, 5.41) is 5.41. The minimum absolute atomic E-state index is 0.559. The van der Waals surface area contributed by atoms with Crippen molar-refractivity contribution >= 4 is 22.5 Å². The van der Waals surface area contributed by atoms with Crippen LogP contribution in [0.25, 0.3) is 11.1 Å². The van der Waals surface area contributed by atoms with E-state index in [9.17, 15) is 4.21 Å².